The van der Waals surface area contributed by atoms with Crippen LogP contribution in [0.5, 0.6) is 0 Å². The molecule has 7 atom stereocenters. The van der Waals surface area contributed by atoms with E-state index in [4.69, 9.17) is 9.47 Å². The first kappa shape index (κ1) is 31.6. The first-order valence-electron chi connectivity index (χ1n) is 18.5. The number of ketones is 1. The van der Waals surface area contributed by atoms with Gasteiger partial charge in [-0.25, -0.2) is 0 Å². The molecule has 7 saturated carbocycles. The van der Waals surface area contributed by atoms with Crippen molar-refractivity contribution in [1.82, 2.24) is 5.32 Å². The van der Waals surface area contributed by atoms with Crippen LogP contribution in [0.1, 0.15) is 117 Å². The monoisotopic (exact) mass is 651 g/mol. The summed E-state index contributed by atoms with van der Waals surface area (Å²) in [5.74, 6) is 3.96. The van der Waals surface area contributed by atoms with Crippen LogP contribution in [0.4, 0.5) is 0 Å². The average molecular weight is 652 g/mol. The minimum absolute atomic E-state index is 0.00694. The molecule has 46 heavy (non-hydrogen) atoms. The minimum Gasteiger partial charge on any atom is -0.458 e. The zero-order valence-corrected chi connectivity index (χ0v) is 28.7. The van der Waals surface area contributed by atoms with Gasteiger partial charge in [-0.05, 0) is 136 Å². The molecule has 1 saturated heterocycles. The Labute approximate surface area is 278 Å². The van der Waals surface area contributed by atoms with Gasteiger partial charge in [0.1, 0.15) is 12.2 Å². The molecule has 9 aliphatic rings. The molecule has 7 nitrogen and oxygen atoms in total. The molecule has 8 heteroatoms. The van der Waals surface area contributed by atoms with Gasteiger partial charge in [0.15, 0.2) is 5.78 Å². The summed E-state index contributed by atoms with van der Waals surface area (Å²) in [5.41, 5.74) is 1.03. The molecule has 8 aliphatic carbocycles. The Kier molecular flexibility index (Phi) is 7.87. The lowest BCUT2D eigenvalue weighted by atomic mass is 9.46. The number of thioether (sulfide) groups is 1. The van der Waals surface area contributed by atoms with E-state index in [1.165, 1.54) is 55.9 Å². The molecule has 1 aliphatic heterocycles. The van der Waals surface area contributed by atoms with E-state index in [2.05, 4.69) is 19.2 Å². The molecule has 1 heterocycles. The van der Waals surface area contributed by atoms with E-state index in [9.17, 15) is 19.2 Å². The molecule has 252 valence electrons. The van der Waals surface area contributed by atoms with Crippen molar-refractivity contribution in [3.05, 3.63) is 11.6 Å². The first-order valence-corrected chi connectivity index (χ1v) is 19.4. The number of hydrogen-bond acceptors (Lipinski definition) is 7. The van der Waals surface area contributed by atoms with Crippen molar-refractivity contribution in [2.45, 2.75) is 127 Å². The molecule has 1 spiro atoms. The van der Waals surface area contributed by atoms with Crippen LogP contribution in [-0.4, -0.2) is 53.4 Å². The lowest BCUT2D eigenvalue weighted by Crippen LogP contribution is -2.57. The molecule has 4 bridgehead atoms. The number of rotatable bonds is 8. The zero-order chi connectivity index (χ0) is 31.9. The number of carbonyl (C=O) groups excluding carboxylic acids is 4. The van der Waals surface area contributed by atoms with E-state index in [0.717, 1.165) is 62.7 Å². The highest BCUT2D eigenvalue weighted by Gasteiger charge is 2.68. The van der Waals surface area contributed by atoms with Crippen molar-refractivity contribution in [2.24, 2.45) is 51.8 Å². The number of nitrogens with one attached hydrogen (secondary N) is 1. The van der Waals surface area contributed by atoms with Crippen LogP contribution in [0.15, 0.2) is 11.6 Å². The van der Waals surface area contributed by atoms with Gasteiger partial charge < -0.3 is 14.8 Å². The normalized spacial score (nSPS) is 46.8. The van der Waals surface area contributed by atoms with Crippen LogP contribution < -0.4 is 5.32 Å². The predicted octanol–water partition coefficient (Wildman–Crippen LogP) is 6.57. The van der Waals surface area contributed by atoms with E-state index in [1.54, 1.807) is 0 Å². The highest BCUT2D eigenvalue weighted by atomic mass is 32.2. The summed E-state index contributed by atoms with van der Waals surface area (Å²) >= 11 is 1.43. The van der Waals surface area contributed by atoms with E-state index >= 15 is 0 Å². The van der Waals surface area contributed by atoms with E-state index in [1.807, 2.05) is 6.08 Å². The maximum Gasteiger partial charge on any atom is 0.306 e. The third kappa shape index (κ3) is 5.16. The molecule has 1 N–H and O–H groups in total. The van der Waals surface area contributed by atoms with Crippen LogP contribution in [0.3, 0.4) is 0 Å². The van der Waals surface area contributed by atoms with Gasteiger partial charge in [-0.2, -0.15) is 0 Å². The van der Waals surface area contributed by atoms with Gasteiger partial charge >= 0.3 is 5.97 Å². The Morgan fingerprint density at radius 3 is 2.37 bits per heavy atom. The van der Waals surface area contributed by atoms with Crippen molar-refractivity contribution in [3.8, 4) is 0 Å². The Balaban J connectivity index is 0.886. The van der Waals surface area contributed by atoms with E-state index in [0.29, 0.717) is 50.2 Å². The van der Waals surface area contributed by atoms with Gasteiger partial charge in [0.25, 0.3) is 0 Å². The topological polar surface area (TPSA) is 98.8 Å². The Morgan fingerprint density at radius 1 is 0.957 bits per heavy atom. The van der Waals surface area contributed by atoms with Gasteiger partial charge in [-0.1, -0.05) is 31.2 Å². The lowest BCUT2D eigenvalue weighted by Gasteiger charge is -2.61. The second kappa shape index (κ2) is 11.5. The van der Waals surface area contributed by atoms with Gasteiger partial charge in [0, 0.05) is 36.5 Å². The zero-order valence-electron chi connectivity index (χ0n) is 27.9. The van der Waals surface area contributed by atoms with Crippen molar-refractivity contribution in [2.75, 3.05) is 19.8 Å². The maximum atomic E-state index is 13.5. The summed E-state index contributed by atoms with van der Waals surface area (Å²) < 4.78 is 12.0. The molecular formula is C38H53NO6S. The molecular weight excluding hydrogens is 598 g/mol. The van der Waals surface area contributed by atoms with Crippen LogP contribution in [0.2, 0.25) is 0 Å². The summed E-state index contributed by atoms with van der Waals surface area (Å²) in [6.45, 7) is 5.53. The molecule has 8 fully saturated rings. The molecule has 0 radical (unpaired) electrons. The number of ether oxygens (including phenoxy) is 2. The summed E-state index contributed by atoms with van der Waals surface area (Å²) in [5, 5.41) is 3.20. The molecule has 0 aromatic carbocycles. The number of esters is 1. The maximum absolute atomic E-state index is 13.5. The number of fused-ring (bicyclic) bond motifs is 6. The lowest BCUT2D eigenvalue weighted by molar-refractivity contribution is -0.167. The third-order valence-corrected chi connectivity index (χ3v) is 16.2. The van der Waals surface area contributed by atoms with E-state index < -0.39 is 0 Å². The second-order valence-electron chi connectivity index (χ2n) is 17.5. The molecule has 6 unspecified atom stereocenters. The Bertz CT molecular complexity index is 1310. The average Bonchev–Trinajstić information content (AvgIpc) is 3.51. The quantitative estimate of drug-likeness (QED) is 0.234. The summed E-state index contributed by atoms with van der Waals surface area (Å²) in [6, 6.07) is 0. The van der Waals surface area contributed by atoms with E-state index in [-0.39, 0.29) is 56.5 Å². The van der Waals surface area contributed by atoms with Gasteiger partial charge in [0.05, 0.1) is 6.61 Å². The number of allylic oxidation sites excluding steroid dienone is 1. The second-order valence-corrected chi connectivity index (χ2v) is 18.8. The fourth-order valence-corrected chi connectivity index (χ4v) is 14.7. The molecule has 0 aromatic rings. The first-order chi connectivity index (χ1) is 22.0. The largest absolute Gasteiger partial charge is 0.458 e. The van der Waals surface area contributed by atoms with Gasteiger partial charge in [-0.15, -0.1) is 0 Å². The van der Waals surface area contributed by atoms with Crippen molar-refractivity contribution >= 4 is 34.5 Å². The molecule has 0 aromatic heterocycles. The number of amides is 1. The van der Waals surface area contributed by atoms with Crippen LogP contribution in [0.25, 0.3) is 0 Å². The van der Waals surface area contributed by atoms with Crippen molar-refractivity contribution in [3.63, 3.8) is 0 Å². The standard InChI is InChI=1S/C38H53NO6S/c1-35-7-3-27(40)16-26(35)17-30(34-28(35)4-8-36(2)29(34)5-9-38(36)10-6-32(42)45-38)46-33(43)22-44-12-11-39-31(41)21-37-18-23-13-24(19-37)15-25(14-23)20-37/h16,23-25,28-30,34H,3-15,17-22H2,1-2H3,(H,39,41)/t23?,24?,25?,28?,29?,30?,34?,35?,36?,37?,38-/m1/s1. The molecule has 9 rings (SSSR count). The van der Waals surface area contributed by atoms with Crippen LogP contribution >= 0.6 is 11.8 Å². The summed E-state index contributed by atoms with van der Waals surface area (Å²) in [4.78, 5) is 51.3. The Hall–Kier alpha value is -1.67. The Morgan fingerprint density at radius 2 is 1.67 bits per heavy atom. The third-order valence-electron chi connectivity index (χ3n) is 15.1. The summed E-state index contributed by atoms with van der Waals surface area (Å²) in [6.07, 6.45) is 18.0. The van der Waals surface area contributed by atoms with Crippen LogP contribution in [-0.2, 0) is 28.7 Å². The SMILES string of the molecule is CC12CCC(=O)C=C1CC(SC(=O)COCCNC(=O)CC13CC4CC(CC(C4)C1)C3)C1C2CCC2(C)C1CC[C@@]21CCC(=O)O1. The van der Waals surface area contributed by atoms with Crippen molar-refractivity contribution < 1.29 is 28.7 Å². The highest BCUT2D eigenvalue weighted by molar-refractivity contribution is 8.14. The number of carbonyl (C=O) groups is 4. The fourth-order valence-electron chi connectivity index (χ4n) is 13.4. The predicted molar refractivity (Wildman–Crippen MR) is 176 cm³/mol. The molecule has 1 amide bonds. The van der Waals surface area contributed by atoms with Crippen molar-refractivity contribution in [1.29, 1.82) is 0 Å². The van der Waals surface area contributed by atoms with Gasteiger partial charge in [-0.3, -0.25) is 19.2 Å². The summed E-state index contributed by atoms with van der Waals surface area (Å²) in [7, 11) is 0. The minimum atomic E-state index is -0.359. The van der Waals surface area contributed by atoms with Gasteiger partial charge in [0.2, 0.25) is 11.0 Å². The fraction of sp³-hybridized carbons (Fsp3) is 0.842. The number of hydrogen-bond donors (Lipinski definition) is 1. The van der Waals surface area contributed by atoms with Crippen LogP contribution in [0, 0.1) is 51.8 Å². The highest BCUT2D eigenvalue weighted by Crippen LogP contribution is 2.71. The smallest absolute Gasteiger partial charge is 0.306 e.